The molecule has 1 aromatic carbocycles. The molecule has 148 valence electrons. The lowest BCUT2D eigenvalue weighted by molar-refractivity contribution is -0.908. The van der Waals surface area contributed by atoms with E-state index >= 15 is 0 Å². The second kappa shape index (κ2) is 9.36. The molecule has 0 aliphatic carbocycles. The Morgan fingerprint density at radius 2 is 2.04 bits per heavy atom. The Labute approximate surface area is 163 Å². The van der Waals surface area contributed by atoms with E-state index in [1.165, 1.54) is 31.5 Å². The molecule has 2 fully saturated rings. The SMILES string of the molecule is Cc1ccc(CN2C(=O)CCC2C(=O)NCCC[NH+]2CCCC(C)C2)cc1. The van der Waals surface area contributed by atoms with Crippen molar-refractivity contribution >= 4 is 11.8 Å². The van der Waals surface area contributed by atoms with E-state index in [4.69, 9.17) is 0 Å². The van der Waals surface area contributed by atoms with Crippen LogP contribution in [0.1, 0.15) is 50.2 Å². The van der Waals surface area contributed by atoms with Crippen molar-refractivity contribution in [3.05, 3.63) is 35.4 Å². The van der Waals surface area contributed by atoms with E-state index in [0.29, 0.717) is 25.9 Å². The number of benzene rings is 1. The van der Waals surface area contributed by atoms with Crippen molar-refractivity contribution in [1.82, 2.24) is 10.2 Å². The first-order valence-electron chi connectivity index (χ1n) is 10.5. The minimum atomic E-state index is -0.318. The summed E-state index contributed by atoms with van der Waals surface area (Å²) in [6.07, 6.45) is 4.78. The molecule has 0 bridgehead atoms. The molecule has 5 heteroatoms. The fourth-order valence-electron chi connectivity index (χ4n) is 4.39. The number of likely N-dealkylation sites (tertiary alicyclic amines) is 2. The van der Waals surface area contributed by atoms with Crippen molar-refractivity contribution in [2.75, 3.05) is 26.2 Å². The monoisotopic (exact) mass is 372 g/mol. The van der Waals surface area contributed by atoms with Crippen LogP contribution >= 0.6 is 0 Å². The van der Waals surface area contributed by atoms with Gasteiger partial charge in [-0.3, -0.25) is 9.59 Å². The van der Waals surface area contributed by atoms with Crippen molar-refractivity contribution in [2.45, 2.75) is 58.5 Å². The normalized spacial score (nSPS) is 25.6. The molecule has 0 aromatic heterocycles. The van der Waals surface area contributed by atoms with Gasteiger partial charge in [-0.05, 0) is 31.7 Å². The van der Waals surface area contributed by atoms with E-state index in [1.807, 2.05) is 19.1 Å². The number of hydrogen-bond donors (Lipinski definition) is 2. The molecule has 27 heavy (non-hydrogen) atoms. The van der Waals surface area contributed by atoms with Crippen molar-refractivity contribution in [3.8, 4) is 0 Å². The van der Waals surface area contributed by atoms with E-state index in [9.17, 15) is 9.59 Å². The van der Waals surface area contributed by atoms with Gasteiger partial charge in [0.2, 0.25) is 11.8 Å². The molecule has 1 aromatic rings. The van der Waals surface area contributed by atoms with Crippen LogP contribution in [-0.2, 0) is 16.1 Å². The van der Waals surface area contributed by atoms with Crippen LogP contribution in [0.25, 0.3) is 0 Å². The van der Waals surface area contributed by atoms with Gasteiger partial charge in [0.15, 0.2) is 0 Å². The molecule has 0 saturated carbocycles. The third kappa shape index (κ3) is 5.55. The second-order valence-electron chi connectivity index (χ2n) is 8.41. The average Bonchev–Trinajstić information content (AvgIpc) is 3.01. The largest absolute Gasteiger partial charge is 0.354 e. The van der Waals surface area contributed by atoms with Gasteiger partial charge in [0.05, 0.1) is 19.6 Å². The molecule has 3 atom stereocenters. The highest BCUT2D eigenvalue weighted by Gasteiger charge is 2.35. The summed E-state index contributed by atoms with van der Waals surface area (Å²) in [6.45, 7) is 9.26. The van der Waals surface area contributed by atoms with Crippen molar-refractivity contribution in [2.24, 2.45) is 5.92 Å². The fraction of sp³-hybridized carbons (Fsp3) is 0.636. The smallest absolute Gasteiger partial charge is 0.242 e. The van der Waals surface area contributed by atoms with Gasteiger partial charge < -0.3 is 15.1 Å². The molecule has 0 radical (unpaired) electrons. The van der Waals surface area contributed by atoms with Crippen molar-refractivity contribution in [3.63, 3.8) is 0 Å². The molecule has 2 amide bonds. The Balaban J connectivity index is 1.45. The number of rotatable bonds is 7. The lowest BCUT2D eigenvalue weighted by atomic mass is 10.0. The second-order valence-corrected chi connectivity index (χ2v) is 8.41. The van der Waals surface area contributed by atoms with Gasteiger partial charge in [-0.15, -0.1) is 0 Å². The van der Waals surface area contributed by atoms with Crippen LogP contribution in [-0.4, -0.2) is 48.9 Å². The van der Waals surface area contributed by atoms with Crippen LogP contribution in [0.15, 0.2) is 24.3 Å². The molecule has 3 unspecified atom stereocenters. The lowest BCUT2D eigenvalue weighted by Gasteiger charge is -2.28. The average molecular weight is 373 g/mol. The summed E-state index contributed by atoms with van der Waals surface area (Å²) in [7, 11) is 0. The summed E-state index contributed by atoms with van der Waals surface area (Å²) in [6, 6.07) is 7.86. The predicted octanol–water partition coefficient (Wildman–Crippen LogP) is 1.31. The number of hydrogen-bond acceptors (Lipinski definition) is 2. The summed E-state index contributed by atoms with van der Waals surface area (Å²) < 4.78 is 0. The van der Waals surface area contributed by atoms with E-state index in [2.05, 4.69) is 24.4 Å². The number of carbonyl (C=O) groups is 2. The third-order valence-corrected chi connectivity index (χ3v) is 5.98. The molecule has 2 aliphatic heterocycles. The molecule has 2 heterocycles. The van der Waals surface area contributed by atoms with Crippen LogP contribution in [0.4, 0.5) is 0 Å². The van der Waals surface area contributed by atoms with Crippen LogP contribution < -0.4 is 10.2 Å². The minimum absolute atomic E-state index is 0.00924. The van der Waals surface area contributed by atoms with Crippen LogP contribution in [0.5, 0.6) is 0 Å². The van der Waals surface area contributed by atoms with Gasteiger partial charge >= 0.3 is 0 Å². The Hall–Kier alpha value is -1.88. The van der Waals surface area contributed by atoms with Gasteiger partial charge in [0.25, 0.3) is 0 Å². The maximum Gasteiger partial charge on any atom is 0.242 e. The number of nitrogens with zero attached hydrogens (tertiary/aromatic N) is 1. The highest BCUT2D eigenvalue weighted by molar-refractivity contribution is 5.90. The molecule has 5 nitrogen and oxygen atoms in total. The van der Waals surface area contributed by atoms with E-state index in [0.717, 1.165) is 24.4 Å². The van der Waals surface area contributed by atoms with Crippen LogP contribution in [0.2, 0.25) is 0 Å². The first kappa shape index (κ1) is 19.9. The fourth-order valence-corrected chi connectivity index (χ4v) is 4.39. The highest BCUT2D eigenvalue weighted by atomic mass is 16.2. The van der Waals surface area contributed by atoms with Gasteiger partial charge in [0, 0.05) is 31.8 Å². The van der Waals surface area contributed by atoms with E-state index in [-0.39, 0.29) is 17.9 Å². The number of nitrogens with one attached hydrogen (secondary N) is 2. The number of aryl methyl sites for hydroxylation is 1. The molecule has 3 rings (SSSR count). The first-order chi connectivity index (χ1) is 13.0. The lowest BCUT2D eigenvalue weighted by Crippen LogP contribution is -3.13. The van der Waals surface area contributed by atoms with E-state index < -0.39 is 0 Å². The van der Waals surface area contributed by atoms with Crippen molar-refractivity contribution in [1.29, 1.82) is 0 Å². The highest BCUT2D eigenvalue weighted by Crippen LogP contribution is 2.22. The Kier molecular flexibility index (Phi) is 6.89. The summed E-state index contributed by atoms with van der Waals surface area (Å²) >= 11 is 0. The summed E-state index contributed by atoms with van der Waals surface area (Å²) in [5, 5.41) is 3.07. The maximum atomic E-state index is 12.6. The molecule has 2 N–H and O–H groups in total. The molecular weight excluding hydrogens is 338 g/mol. The first-order valence-corrected chi connectivity index (χ1v) is 10.5. The molecule has 2 aliphatic rings. The Morgan fingerprint density at radius 1 is 1.26 bits per heavy atom. The summed E-state index contributed by atoms with van der Waals surface area (Å²) in [5.41, 5.74) is 2.28. The molecule has 0 spiro atoms. The maximum absolute atomic E-state index is 12.6. The standard InChI is InChI=1S/C22H33N3O2/c1-17-6-8-19(9-7-17)16-25-20(10-11-21(25)26)22(27)23-12-4-14-24-13-3-5-18(2)15-24/h6-9,18,20H,3-5,10-16H2,1-2H3,(H,23,27)/p+1. The van der Waals surface area contributed by atoms with E-state index in [1.54, 1.807) is 9.80 Å². The minimum Gasteiger partial charge on any atom is -0.354 e. The summed E-state index contributed by atoms with van der Waals surface area (Å²) in [4.78, 5) is 28.3. The number of piperidine rings is 1. The summed E-state index contributed by atoms with van der Waals surface area (Å²) in [5.74, 6) is 0.917. The molecular formula is C22H34N3O2+. The number of quaternary nitrogens is 1. The quantitative estimate of drug-likeness (QED) is 0.709. The Bertz CT molecular complexity index is 643. The Morgan fingerprint density at radius 3 is 2.78 bits per heavy atom. The van der Waals surface area contributed by atoms with Gasteiger partial charge in [0.1, 0.15) is 6.04 Å². The number of carbonyl (C=O) groups excluding carboxylic acids is 2. The van der Waals surface area contributed by atoms with Crippen molar-refractivity contribution < 1.29 is 14.5 Å². The zero-order chi connectivity index (χ0) is 19.2. The topological polar surface area (TPSA) is 53.9 Å². The van der Waals surface area contributed by atoms with Gasteiger partial charge in [-0.1, -0.05) is 36.8 Å². The third-order valence-electron chi connectivity index (χ3n) is 5.98. The zero-order valence-corrected chi connectivity index (χ0v) is 16.8. The number of amides is 2. The predicted molar refractivity (Wildman–Crippen MR) is 106 cm³/mol. The van der Waals surface area contributed by atoms with Crippen LogP contribution in [0, 0.1) is 12.8 Å². The van der Waals surface area contributed by atoms with Crippen LogP contribution in [0.3, 0.4) is 0 Å². The zero-order valence-electron chi connectivity index (χ0n) is 16.8. The molecule has 2 saturated heterocycles. The van der Waals surface area contributed by atoms with Gasteiger partial charge in [-0.2, -0.15) is 0 Å². The van der Waals surface area contributed by atoms with Gasteiger partial charge in [-0.25, -0.2) is 0 Å².